The van der Waals surface area contributed by atoms with Gasteiger partial charge in [0.25, 0.3) is 5.69 Å². The average Bonchev–Trinajstić information content (AvgIpc) is 2.91. The lowest BCUT2D eigenvalue weighted by molar-refractivity contribution is -0.385. The van der Waals surface area contributed by atoms with Crippen LogP contribution in [0, 0.1) is 15.5 Å². The van der Waals surface area contributed by atoms with Crippen molar-refractivity contribution in [3.05, 3.63) is 33.9 Å². The Morgan fingerprint density at radius 3 is 2.57 bits per heavy atom. The maximum atomic E-state index is 11.1. The van der Waals surface area contributed by atoms with E-state index in [9.17, 15) is 14.9 Å². The Morgan fingerprint density at radius 2 is 2.10 bits per heavy atom. The highest BCUT2D eigenvalue weighted by molar-refractivity contribution is 5.93. The van der Waals surface area contributed by atoms with E-state index >= 15 is 0 Å². The summed E-state index contributed by atoms with van der Waals surface area (Å²) < 4.78 is 0. The molecule has 6 nitrogen and oxygen atoms in total. The van der Waals surface area contributed by atoms with Crippen LogP contribution in [0.2, 0.25) is 0 Å². The fraction of sp³-hybridized carbons (Fsp3) is 0.533. The van der Waals surface area contributed by atoms with Crippen LogP contribution in [0.3, 0.4) is 0 Å². The summed E-state index contributed by atoms with van der Waals surface area (Å²) in [6.07, 6.45) is 3.22. The van der Waals surface area contributed by atoms with Crippen LogP contribution in [0.1, 0.15) is 43.5 Å². The molecule has 2 rings (SSSR count). The van der Waals surface area contributed by atoms with Crippen molar-refractivity contribution in [2.45, 2.75) is 33.1 Å². The van der Waals surface area contributed by atoms with Crippen LogP contribution >= 0.6 is 0 Å². The van der Waals surface area contributed by atoms with Crippen molar-refractivity contribution in [2.75, 3.05) is 18.0 Å². The second kappa shape index (κ2) is 5.71. The van der Waals surface area contributed by atoms with Gasteiger partial charge in [0.1, 0.15) is 5.56 Å². The molecule has 0 unspecified atom stereocenters. The van der Waals surface area contributed by atoms with Crippen LogP contribution in [0.4, 0.5) is 11.4 Å². The summed E-state index contributed by atoms with van der Waals surface area (Å²) in [5.41, 5.74) is 0.390. The van der Waals surface area contributed by atoms with Crippen molar-refractivity contribution in [3.8, 4) is 0 Å². The second-order valence-electron chi connectivity index (χ2n) is 5.64. The molecule has 0 aromatic heterocycles. The predicted molar refractivity (Wildman–Crippen MR) is 79.9 cm³/mol. The van der Waals surface area contributed by atoms with E-state index in [1.54, 1.807) is 6.07 Å². The number of carboxylic acid groups (broad SMARTS) is 1. The predicted octanol–water partition coefficient (Wildman–Crippen LogP) is 3.31. The van der Waals surface area contributed by atoms with Crippen LogP contribution in [0.15, 0.2) is 18.2 Å². The summed E-state index contributed by atoms with van der Waals surface area (Å²) in [5.74, 6) is -1.27. The number of aromatic carboxylic acids is 1. The lowest BCUT2D eigenvalue weighted by atomic mass is 9.82. The Hall–Kier alpha value is -2.11. The molecule has 0 aliphatic carbocycles. The molecule has 1 aromatic rings. The highest BCUT2D eigenvalue weighted by Gasteiger charge is 2.35. The van der Waals surface area contributed by atoms with Gasteiger partial charge in [0, 0.05) is 24.8 Å². The van der Waals surface area contributed by atoms with E-state index < -0.39 is 10.9 Å². The number of nitro benzene ring substituents is 1. The molecule has 1 aliphatic heterocycles. The van der Waals surface area contributed by atoms with Gasteiger partial charge in [-0.25, -0.2) is 4.79 Å². The molecule has 0 amide bonds. The van der Waals surface area contributed by atoms with Crippen LogP contribution in [-0.2, 0) is 0 Å². The summed E-state index contributed by atoms with van der Waals surface area (Å²) >= 11 is 0. The molecular formula is C15H20N2O4. The molecule has 1 heterocycles. The first-order valence-electron chi connectivity index (χ1n) is 7.19. The summed E-state index contributed by atoms with van der Waals surface area (Å²) in [4.78, 5) is 23.6. The molecule has 21 heavy (non-hydrogen) atoms. The van der Waals surface area contributed by atoms with Crippen molar-refractivity contribution in [3.63, 3.8) is 0 Å². The number of rotatable bonds is 5. The van der Waals surface area contributed by atoms with Gasteiger partial charge in [-0.3, -0.25) is 10.1 Å². The molecule has 6 heteroatoms. The first-order valence-corrected chi connectivity index (χ1v) is 7.19. The Morgan fingerprint density at radius 1 is 1.43 bits per heavy atom. The normalized spacial score (nSPS) is 17.0. The number of nitro groups is 1. The average molecular weight is 292 g/mol. The third-order valence-electron chi connectivity index (χ3n) is 4.71. The van der Waals surface area contributed by atoms with Crippen LogP contribution in [0.5, 0.6) is 0 Å². The SMILES string of the molecule is CCC1(CC)CCN(c2ccc(C(=O)O)c([N+](=O)[O-])c2)C1. The summed E-state index contributed by atoms with van der Waals surface area (Å²) in [6.45, 7) is 6.06. The topological polar surface area (TPSA) is 83.7 Å². The zero-order valence-corrected chi connectivity index (χ0v) is 12.3. The number of nitrogens with zero attached hydrogens (tertiary/aromatic N) is 2. The van der Waals surface area contributed by atoms with Gasteiger partial charge in [0.2, 0.25) is 0 Å². The van der Waals surface area contributed by atoms with Crippen molar-refractivity contribution < 1.29 is 14.8 Å². The quantitative estimate of drug-likeness (QED) is 0.665. The molecule has 0 saturated carbocycles. The van der Waals surface area contributed by atoms with Crippen molar-refractivity contribution in [1.29, 1.82) is 0 Å². The Labute approximate surface area is 123 Å². The van der Waals surface area contributed by atoms with E-state index in [4.69, 9.17) is 5.11 Å². The number of hydrogen-bond acceptors (Lipinski definition) is 4. The molecule has 0 radical (unpaired) electrons. The Kier molecular flexibility index (Phi) is 4.16. The molecule has 114 valence electrons. The highest BCUT2D eigenvalue weighted by Crippen LogP contribution is 2.39. The van der Waals surface area contributed by atoms with Crippen LogP contribution < -0.4 is 4.90 Å². The van der Waals surface area contributed by atoms with E-state index in [1.165, 1.54) is 12.1 Å². The van der Waals surface area contributed by atoms with Crippen molar-refractivity contribution in [2.24, 2.45) is 5.41 Å². The second-order valence-corrected chi connectivity index (χ2v) is 5.64. The third kappa shape index (κ3) is 2.84. The van der Waals surface area contributed by atoms with E-state index in [-0.39, 0.29) is 16.7 Å². The number of benzene rings is 1. The van der Waals surface area contributed by atoms with Gasteiger partial charge in [0.05, 0.1) is 4.92 Å². The zero-order chi connectivity index (χ0) is 15.6. The van der Waals surface area contributed by atoms with Gasteiger partial charge in [0.15, 0.2) is 0 Å². The van der Waals surface area contributed by atoms with Gasteiger partial charge >= 0.3 is 5.97 Å². The van der Waals surface area contributed by atoms with Gasteiger partial charge in [-0.05, 0) is 36.8 Å². The molecule has 1 aromatic carbocycles. The maximum absolute atomic E-state index is 11.1. The number of hydrogen-bond donors (Lipinski definition) is 1. The van der Waals surface area contributed by atoms with Crippen molar-refractivity contribution in [1.82, 2.24) is 0 Å². The Bertz CT molecular complexity index is 567. The van der Waals surface area contributed by atoms with Crippen molar-refractivity contribution >= 4 is 17.3 Å². The smallest absolute Gasteiger partial charge is 0.342 e. The molecule has 0 atom stereocenters. The number of carboxylic acids is 1. The van der Waals surface area contributed by atoms with Gasteiger partial charge in [-0.1, -0.05) is 13.8 Å². The van der Waals surface area contributed by atoms with Gasteiger partial charge in [-0.2, -0.15) is 0 Å². The summed E-state index contributed by atoms with van der Waals surface area (Å²) in [7, 11) is 0. The molecule has 0 bridgehead atoms. The molecular weight excluding hydrogens is 272 g/mol. The fourth-order valence-electron chi connectivity index (χ4n) is 3.03. The van der Waals surface area contributed by atoms with Crippen LogP contribution in [-0.4, -0.2) is 29.1 Å². The highest BCUT2D eigenvalue weighted by atomic mass is 16.6. The molecule has 1 saturated heterocycles. The number of carbonyl (C=O) groups is 1. The lowest BCUT2D eigenvalue weighted by Crippen LogP contribution is -2.26. The first-order chi connectivity index (χ1) is 9.92. The minimum Gasteiger partial charge on any atom is -0.477 e. The monoisotopic (exact) mass is 292 g/mol. The minimum absolute atomic E-state index is 0.264. The van der Waals surface area contributed by atoms with E-state index in [0.717, 1.165) is 38.0 Å². The number of anilines is 1. The molecule has 0 spiro atoms. The summed E-state index contributed by atoms with van der Waals surface area (Å²) in [5, 5.41) is 20.1. The van der Waals surface area contributed by atoms with E-state index in [2.05, 4.69) is 18.7 Å². The Balaban J connectivity index is 2.32. The lowest BCUT2D eigenvalue weighted by Gasteiger charge is -2.27. The minimum atomic E-state index is -1.27. The maximum Gasteiger partial charge on any atom is 0.342 e. The van der Waals surface area contributed by atoms with Crippen LogP contribution in [0.25, 0.3) is 0 Å². The fourth-order valence-corrected chi connectivity index (χ4v) is 3.03. The third-order valence-corrected chi connectivity index (χ3v) is 4.71. The van der Waals surface area contributed by atoms with Gasteiger partial charge in [-0.15, -0.1) is 0 Å². The summed E-state index contributed by atoms with van der Waals surface area (Å²) in [6, 6.07) is 4.37. The van der Waals surface area contributed by atoms with E-state index in [0.29, 0.717) is 0 Å². The van der Waals surface area contributed by atoms with Gasteiger partial charge < -0.3 is 10.0 Å². The molecule has 1 N–H and O–H groups in total. The zero-order valence-electron chi connectivity index (χ0n) is 12.3. The standard InChI is InChI=1S/C15H20N2O4/c1-3-15(4-2)7-8-16(10-15)11-5-6-12(14(18)19)13(9-11)17(20)21/h5-6,9H,3-4,7-8,10H2,1-2H3,(H,18,19). The first kappa shape index (κ1) is 15.3. The largest absolute Gasteiger partial charge is 0.477 e. The molecule has 1 fully saturated rings. The molecule has 1 aliphatic rings. The van der Waals surface area contributed by atoms with E-state index in [1.807, 2.05) is 0 Å².